The summed E-state index contributed by atoms with van der Waals surface area (Å²) in [5.41, 5.74) is 0.713. The number of rotatable bonds is 8. The number of thiophene rings is 1. The van der Waals surface area contributed by atoms with Gasteiger partial charge < -0.3 is 19.7 Å². The Labute approximate surface area is 197 Å². The molecule has 1 aromatic heterocycles. The Morgan fingerprint density at radius 3 is 2.15 bits per heavy atom. The molecule has 0 saturated carbocycles. The van der Waals surface area contributed by atoms with Crippen LogP contribution in [0.5, 0.6) is 17.2 Å². The standard InChI is InChI=1S/C25H27N3O4S/c1-2-31-20-9-11-22(12-10-20)32-21-7-5-19(6-8-21)26-24(29)18-27-13-15-28(16-14-27)25(30)23-4-3-17-33-23/h3-12,17H,2,13-16,18H2,1H3,(H,26,29). The van der Waals surface area contributed by atoms with Crippen LogP contribution in [0.15, 0.2) is 66.0 Å². The Morgan fingerprint density at radius 2 is 1.55 bits per heavy atom. The normalized spacial score (nSPS) is 14.0. The SMILES string of the molecule is CCOc1ccc(Oc2ccc(NC(=O)CN3CCN(C(=O)c4cccs4)CC3)cc2)cc1. The zero-order valence-corrected chi connectivity index (χ0v) is 19.3. The Kier molecular flexibility index (Phi) is 7.59. The highest BCUT2D eigenvalue weighted by Gasteiger charge is 2.23. The van der Waals surface area contributed by atoms with E-state index in [1.54, 1.807) is 0 Å². The minimum Gasteiger partial charge on any atom is -0.494 e. The van der Waals surface area contributed by atoms with Crippen LogP contribution in [0.4, 0.5) is 5.69 Å². The molecular formula is C25H27N3O4S. The van der Waals surface area contributed by atoms with Gasteiger partial charge >= 0.3 is 0 Å². The fourth-order valence-corrected chi connectivity index (χ4v) is 4.27. The molecule has 1 aliphatic heterocycles. The van der Waals surface area contributed by atoms with Crippen LogP contribution in [0.3, 0.4) is 0 Å². The molecule has 0 bridgehead atoms. The number of piperazine rings is 1. The van der Waals surface area contributed by atoms with E-state index in [0.717, 1.165) is 10.6 Å². The number of ether oxygens (including phenoxy) is 2. The summed E-state index contributed by atoms with van der Waals surface area (Å²) < 4.78 is 11.3. The van der Waals surface area contributed by atoms with Gasteiger partial charge in [-0.1, -0.05) is 6.07 Å². The molecule has 1 fully saturated rings. The lowest BCUT2D eigenvalue weighted by molar-refractivity contribution is -0.117. The van der Waals surface area contributed by atoms with Gasteiger partial charge in [-0.15, -0.1) is 11.3 Å². The van der Waals surface area contributed by atoms with Crippen molar-refractivity contribution in [2.24, 2.45) is 0 Å². The maximum absolute atomic E-state index is 12.5. The van der Waals surface area contributed by atoms with Gasteiger partial charge in [0.05, 0.1) is 18.0 Å². The summed E-state index contributed by atoms with van der Waals surface area (Å²) in [5, 5.41) is 4.84. The van der Waals surface area contributed by atoms with Gasteiger partial charge in [-0.25, -0.2) is 0 Å². The molecule has 0 aliphatic carbocycles. The lowest BCUT2D eigenvalue weighted by atomic mass is 10.2. The number of carbonyl (C=O) groups is 2. The summed E-state index contributed by atoms with van der Waals surface area (Å²) in [6, 6.07) is 18.5. The molecule has 4 rings (SSSR count). The topological polar surface area (TPSA) is 71.1 Å². The number of nitrogens with zero attached hydrogens (tertiary/aromatic N) is 2. The Balaban J connectivity index is 1.21. The monoisotopic (exact) mass is 465 g/mol. The van der Waals surface area contributed by atoms with Crippen LogP contribution in [0, 0.1) is 0 Å². The first kappa shape index (κ1) is 22.8. The minimum absolute atomic E-state index is 0.0710. The highest BCUT2D eigenvalue weighted by molar-refractivity contribution is 7.12. The van der Waals surface area contributed by atoms with Crippen molar-refractivity contribution in [3.8, 4) is 17.2 Å². The number of carbonyl (C=O) groups excluding carboxylic acids is 2. The highest BCUT2D eigenvalue weighted by Crippen LogP contribution is 2.25. The van der Waals surface area contributed by atoms with E-state index in [1.807, 2.05) is 77.9 Å². The Morgan fingerprint density at radius 1 is 0.909 bits per heavy atom. The molecular weight excluding hydrogens is 438 g/mol. The molecule has 8 heteroatoms. The molecule has 0 radical (unpaired) electrons. The molecule has 0 spiro atoms. The maximum atomic E-state index is 12.5. The summed E-state index contributed by atoms with van der Waals surface area (Å²) in [7, 11) is 0. The number of hydrogen-bond donors (Lipinski definition) is 1. The van der Waals surface area contributed by atoms with Gasteiger partial charge in [0.15, 0.2) is 0 Å². The van der Waals surface area contributed by atoms with Crippen LogP contribution in [0.25, 0.3) is 0 Å². The number of nitrogens with one attached hydrogen (secondary N) is 1. The van der Waals surface area contributed by atoms with Crippen molar-refractivity contribution >= 4 is 28.8 Å². The van der Waals surface area contributed by atoms with E-state index >= 15 is 0 Å². The molecule has 1 saturated heterocycles. The van der Waals surface area contributed by atoms with E-state index in [-0.39, 0.29) is 11.8 Å². The molecule has 172 valence electrons. The summed E-state index contributed by atoms with van der Waals surface area (Å²) in [6.07, 6.45) is 0. The molecule has 0 atom stereocenters. The van der Waals surface area contributed by atoms with Crippen molar-refractivity contribution in [3.05, 3.63) is 70.9 Å². The third-order valence-corrected chi connectivity index (χ3v) is 6.13. The summed E-state index contributed by atoms with van der Waals surface area (Å²) in [5.74, 6) is 2.20. The van der Waals surface area contributed by atoms with Gasteiger partial charge in [-0.2, -0.15) is 0 Å². The van der Waals surface area contributed by atoms with Gasteiger partial charge in [-0.05, 0) is 66.9 Å². The second-order valence-electron chi connectivity index (χ2n) is 7.62. The first-order valence-electron chi connectivity index (χ1n) is 11.0. The van der Waals surface area contributed by atoms with Gasteiger partial charge in [0.1, 0.15) is 17.2 Å². The van der Waals surface area contributed by atoms with Crippen molar-refractivity contribution in [2.75, 3.05) is 44.6 Å². The van der Waals surface area contributed by atoms with E-state index in [0.29, 0.717) is 56.5 Å². The number of amides is 2. The van der Waals surface area contributed by atoms with E-state index in [1.165, 1.54) is 11.3 Å². The molecule has 0 unspecified atom stereocenters. The van der Waals surface area contributed by atoms with E-state index in [9.17, 15) is 9.59 Å². The van der Waals surface area contributed by atoms with Crippen LogP contribution in [0.2, 0.25) is 0 Å². The predicted octanol–water partition coefficient (Wildman–Crippen LogP) is 4.34. The van der Waals surface area contributed by atoms with Gasteiger partial charge in [0.25, 0.3) is 5.91 Å². The van der Waals surface area contributed by atoms with Crippen molar-refractivity contribution in [1.29, 1.82) is 0 Å². The lowest BCUT2D eigenvalue weighted by Gasteiger charge is -2.34. The summed E-state index contributed by atoms with van der Waals surface area (Å²) >= 11 is 1.46. The van der Waals surface area contributed by atoms with Crippen molar-refractivity contribution in [3.63, 3.8) is 0 Å². The first-order chi connectivity index (χ1) is 16.1. The van der Waals surface area contributed by atoms with Crippen LogP contribution < -0.4 is 14.8 Å². The largest absolute Gasteiger partial charge is 0.494 e. The van der Waals surface area contributed by atoms with Gasteiger partial charge in [0, 0.05) is 31.9 Å². The quantitative estimate of drug-likeness (QED) is 0.536. The Bertz CT molecular complexity index is 1040. The number of hydrogen-bond acceptors (Lipinski definition) is 6. The molecule has 1 aliphatic rings. The number of anilines is 1. The fraction of sp³-hybridized carbons (Fsp3) is 0.280. The first-order valence-corrected chi connectivity index (χ1v) is 11.8. The zero-order chi connectivity index (χ0) is 23.0. The van der Waals surface area contributed by atoms with Crippen molar-refractivity contribution in [2.45, 2.75) is 6.92 Å². The molecule has 2 amide bonds. The molecule has 7 nitrogen and oxygen atoms in total. The van der Waals surface area contributed by atoms with Gasteiger partial charge in [-0.3, -0.25) is 14.5 Å². The number of benzene rings is 2. The van der Waals surface area contributed by atoms with E-state index in [4.69, 9.17) is 9.47 Å². The van der Waals surface area contributed by atoms with Crippen molar-refractivity contribution < 1.29 is 19.1 Å². The van der Waals surface area contributed by atoms with Crippen LogP contribution >= 0.6 is 11.3 Å². The fourth-order valence-electron chi connectivity index (χ4n) is 3.58. The maximum Gasteiger partial charge on any atom is 0.264 e. The molecule has 3 aromatic rings. The van der Waals surface area contributed by atoms with Crippen LogP contribution in [-0.4, -0.2) is 60.9 Å². The second-order valence-corrected chi connectivity index (χ2v) is 8.57. The highest BCUT2D eigenvalue weighted by atomic mass is 32.1. The van der Waals surface area contributed by atoms with E-state index in [2.05, 4.69) is 10.2 Å². The average Bonchev–Trinajstić information content (AvgIpc) is 3.37. The van der Waals surface area contributed by atoms with Gasteiger partial charge in [0.2, 0.25) is 5.91 Å². The van der Waals surface area contributed by atoms with Crippen LogP contribution in [-0.2, 0) is 4.79 Å². The molecule has 2 aromatic carbocycles. The molecule has 1 N–H and O–H groups in total. The van der Waals surface area contributed by atoms with E-state index < -0.39 is 0 Å². The summed E-state index contributed by atoms with van der Waals surface area (Å²) in [4.78, 5) is 29.6. The second kappa shape index (κ2) is 11.0. The predicted molar refractivity (Wildman–Crippen MR) is 129 cm³/mol. The Hall–Kier alpha value is -3.36. The average molecular weight is 466 g/mol. The third kappa shape index (κ3) is 6.34. The molecule has 33 heavy (non-hydrogen) atoms. The smallest absolute Gasteiger partial charge is 0.264 e. The zero-order valence-electron chi connectivity index (χ0n) is 18.5. The minimum atomic E-state index is -0.0757. The molecule has 2 heterocycles. The van der Waals surface area contributed by atoms with Crippen LogP contribution in [0.1, 0.15) is 16.6 Å². The summed E-state index contributed by atoms with van der Waals surface area (Å²) in [6.45, 7) is 5.48. The third-order valence-electron chi connectivity index (χ3n) is 5.27. The van der Waals surface area contributed by atoms with Crippen molar-refractivity contribution in [1.82, 2.24) is 9.80 Å². The lowest BCUT2D eigenvalue weighted by Crippen LogP contribution is -2.50.